The Morgan fingerprint density at radius 2 is 1.75 bits per heavy atom. The van der Waals surface area contributed by atoms with Crippen molar-refractivity contribution in [1.82, 2.24) is 5.32 Å². The summed E-state index contributed by atoms with van der Waals surface area (Å²) in [4.78, 5) is 12.0. The van der Waals surface area contributed by atoms with Crippen LogP contribution in [0, 0.1) is 0 Å². The van der Waals surface area contributed by atoms with E-state index in [-0.39, 0.29) is 41.3 Å². The van der Waals surface area contributed by atoms with Gasteiger partial charge < -0.3 is 20.1 Å². The van der Waals surface area contributed by atoms with Gasteiger partial charge in [-0.15, -0.1) is 12.4 Å². The van der Waals surface area contributed by atoms with Crippen LogP contribution in [0.1, 0.15) is 6.92 Å². The van der Waals surface area contributed by atoms with Crippen LogP contribution >= 0.6 is 12.4 Å². The lowest BCUT2D eigenvalue weighted by Crippen LogP contribution is -2.30. The van der Waals surface area contributed by atoms with Crippen LogP contribution in [0.2, 0.25) is 0 Å². The molecule has 0 unspecified atom stereocenters. The second kappa shape index (κ2) is 11.7. The van der Waals surface area contributed by atoms with E-state index in [2.05, 4.69) is 10.6 Å². The van der Waals surface area contributed by atoms with Gasteiger partial charge in [0.15, 0.2) is 9.84 Å². The average molecular weight is 429 g/mol. The first-order valence-electron chi connectivity index (χ1n) is 8.55. The number of halogens is 1. The van der Waals surface area contributed by atoms with Crippen LogP contribution in [0.3, 0.4) is 0 Å². The number of rotatable bonds is 10. The number of anilines is 1. The van der Waals surface area contributed by atoms with Gasteiger partial charge in [0.1, 0.15) is 16.4 Å². The number of methoxy groups -OCH3 is 1. The Kier molecular flexibility index (Phi) is 9.95. The standard InChI is InChI=1S/C19H24N2O5S.ClH/c1-3-27(23,24)18-7-5-4-6-17(18)26-16-10-8-15(9-11-16)21-19(22)14-20-12-13-25-2;/h4-11,20H,3,12-14H2,1-2H3,(H,21,22);1H. The minimum Gasteiger partial charge on any atom is -0.456 e. The van der Waals surface area contributed by atoms with Crippen LogP contribution in [-0.2, 0) is 19.4 Å². The molecule has 0 aliphatic carbocycles. The molecule has 0 radical (unpaired) electrons. The Morgan fingerprint density at radius 3 is 2.39 bits per heavy atom. The van der Waals surface area contributed by atoms with Crippen LogP contribution in [0.15, 0.2) is 53.4 Å². The third kappa shape index (κ3) is 7.12. The van der Waals surface area contributed by atoms with Crippen LogP contribution in [0.4, 0.5) is 5.69 Å². The highest BCUT2D eigenvalue weighted by Gasteiger charge is 2.17. The van der Waals surface area contributed by atoms with Gasteiger partial charge in [-0.2, -0.15) is 0 Å². The number of amides is 1. The van der Waals surface area contributed by atoms with Gasteiger partial charge in [0.25, 0.3) is 0 Å². The fourth-order valence-corrected chi connectivity index (χ4v) is 3.27. The zero-order valence-corrected chi connectivity index (χ0v) is 17.4. The Hall–Kier alpha value is -2.13. The monoisotopic (exact) mass is 428 g/mol. The summed E-state index contributed by atoms with van der Waals surface area (Å²) in [7, 11) is -1.79. The summed E-state index contributed by atoms with van der Waals surface area (Å²) in [5, 5.41) is 5.72. The zero-order valence-electron chi connectivity index (χ0n) is 15.8. The van der Waals surface area contributed by atoms with Crippen LogP contribution in [0.25, 0.3) is 0 Å². The maximum absolute atomic E-state index is 12.2. The minimum atomic E-state index is -3.38. The van der Waals surface area contributed by atoms with E-state index < -0.39 is 9.84 Å². The van der Waals surface area contributed by atoms with Gasteiger partial charge in [-0.1, -0.05) is 19.1 Å². The second-order valence-corrected chi connectivity index (χ2v) is 7.94. The Balaban J connectivity index is 0.00000392. The molecule has 0 saturated heterocycles. The second-order valence-electron chi connectivity index (χ2n) is 5.69. The van der Waals surface area contributed by atoms with Crippen LogP contribution < -0.4 is 15.4 Å². The molecule has 7 nitrogen and oxygen atoms in total. The summed E-state index contributed by atoms with van der Waals surface area (Å²) < 4.78 is 35.0. The molecule has 28 heavy (non-hydrogen) atoms. The fraction of sp³-hybridized carbons (Fsp3) is 0.316. The molecule has 1 amide bonds. The van der Waals surface area contributed by atoms with Gasteiger partial charge >= 0.3 is 0 Å². The van der Waals surface area contributed by atoms with Gasteiger partial charge in [0, 0.05) is 19.3 Å². The number of ether oxygens (including phenoxy) is 2. The molecule has 2 aromatic rings. The number of para-hydroxylation sites is 1. The average Bonchev–Trinajstić information content (AvgIpc) is 2.67. The Labute approximate surface area is 171 Å². The number of hydrogen-bond acceptors (Lipinski definition) is 6. The molecule has 154 valence electrons. The molecule has 2 rings (SSSR count). The highest BCUT2D eigenvalue weighted by atomic mass is 35.5. The number of carbonyl (C=O) groups excluding carboxylic acids is 1. The van der Waals surface area contributed by atoms with E-state index in [1.165, 1.54) is 6.07 Å². The van der Waals surface area contributed by atoms with Gasteiger partial charge in [-0.05, 0) is 36.4 Å². The molecule has 0 heterocycles. The number of carbonyl (C=O) groups is 1. The third-order valence-corrected chi connectivity index (χ3v) is 5.47. The van der Waals surface area contributed by atoms with Crippen molar-refractivity contribution in [2.45, 2.75) is 11.8 Å². The lowest BCUT2D eigenvalue weighted by atomic mass is 10.3. The van der Waals surface area contributed by atoms with Gasteiger partial charge in [-0.25, -0.2) is 8.42 Å². The molecular formula is C19H25ClN2O5S. The summed E-state index contributed by atoms with van der Waals surface area (Å²) in [5.74, 6) is 0.583. The predicted octanol–water partition coefficient (Wildman–Crippen LogP) is 2.87. The molecule has 2 N–H and O–H groups in total. The molecule has 2 aromatic carbocycles. The van der Waals surface area contributed by atoms with Crippen LogP contribution in [-0.4, -0.2) is 46.9 Å². The molecule has 0 atom stereocenters. The third-order valence-electron chi connectivity index (χ3n) is 3.70. The largest absolute Gasteiger partial charge is 0.456 e. The molecular weight excluding hydrogens is 404 g/mol. The normalized spacial score (nSPS) is 10.8. The molecule has 0 aliphatic rings. The van der Waals surface area contributed by atoms with Gasteiger partial charge in [0.05, 0.1) is 18.9 Å². The van der Waals surface area contributed by atoms with Crippen molar-refractivity contribution in [2.24, 2.45) is 0 Å². The van der Waals surface area contributed by atoms with Crippen molar-refractivity contribution in [1.29, 1.82) is 0 Å². The van der Waals surface area contributed by atoms with Crippen molar-refractivity contribution in [2.75, 3.05) is 37.9 Å². The van der Waals surface area contributed by atoms with E-state index in [1.54, 1.807) is 56.5 Å². The SMILES string of the molecule is CCS(=O)(=O)c1ccccc1Oc1ccc(NC(=O)CNCCOC)cc1.Cl. The lowest BCUT2D eigenvalue weighted by molar-refractivity contribution is -0.115. The van der Waals surface area contributed by atoms with E-state index in [0.29, 0.717) is 24.6 Å². The summed E-state index contributed by atoms with van der Waals surface area (Å²) in [6.45, 7) is 2.91. The molecule has 0 aromatic heterocycles. The van der Waals surface area contributed by atoms with Gasteiger partial charge in [0.2, 0.25) is 5.91 Å². The van der Waals surface area contributed by atoms with Crippen molar-refractivity contribution in [3.8, 4) is 11.5 Å². The van der Waals surface area contributed by atoms with E-state index >= 15 is 0 Å². The molecule has 0 spiro atoms. The fourth-order valence-electron chi connectivity index (χ4n) is 2.26. The van der Waals surface area contributed by atoms with Crippen molar-refractivity contribution in [3.63, 3.8) is 0 Å². The first-order chi connectivity index (χ1) is 13.0. The number of benzene rings is 2. The number of hydrogen-bond donors (Lipinski definition) is 2. The maximum Gasteiger partial charge on any atom is 0.238 e. The number of sulfone groups is 1. The van der Waals surface area contributed by atoms with Crippen molar-refractivity contribution in [3.05, 3.63) is 48.5 Å². The molecule has 0 aliphatic heterocycles. The summed E-state index contributed by atoms with van der Waals surface area (Å²) in [6, 6.07) is 13.2. The maximum atomic E-state index is 12.2. The van der Waals surface area contributed by atoms with Gasteiger partial charge in [-0.3, -0.25) is 4.79 Å². The highest BCUT2D eigenvalue weighted by molar-refractivity contribution is 7.91. The summed E-state index contributed by atoms with van der Waals surface area (Å²) in [6.07, 6.45) is 0. The summed E-state index contributed by atoms with van der Waals surface area (Å²) >= 11 is 0. The Morgan fingerprint density at radius 1 is 1.07 bits per heavy atom. The van der Waals surface area contributed by atoms with E-state index in [4.69, 9.17) is 9.47 Å². The molecule has 9 heteroatoms. The first-order valence-corrected chi connectivity index (χ1v) is 10.2. The quantitative estimate of drug-likeness (QED) is 0.565. The lowest BCUT2D eigenvalue weighted by Gasteiger charge is -2.12. The summed E-state index contributed by atoms with van der Waals surface area (Å²) in [5.41, 5.74) is 0.621. The topological polar surface area (TPSA) is 93.7 Å². The van der Waals surface area contributed by atoms with E-state index in [1.807, 2.05) is 0 Å². The van der Waals surface area contributed by atoms with E-state index in [0.717, 1.165) is 0 Å². The Bertz CT molecular complexity index is 857. The first kappa shape index (κ1) is 23.9. The minimum absolute atomic E-state index is 0. The smallest absolute Gasteiger partial charge is 0.238 e. The van der Waals surface area contributed by atoms with Crippen molar-refractivity contribution < 1.29 is 22.7 Å². The molecule has 0 saturated carbocycles. The number of nitrogens with one attached hydrogen (secondary N) is 2. The van der Waals surface area contributed by atoms with E-state index in [9.17, 15) is 13.2 Å². The predicted molar refractivity (Wildman–Crippen MR) is 111 cm³/mol. The zero-order chi connectivity index (χ0) is 19.7. The highest BCUT2D eigenvalue weighted by Crippen LogP contribution is 2.29. The molecule has 0 fully saturated rings. The van der Waals surface area contributed by atoms with Crippen molar-refractivity contribution >= 4 is 33.8 Å². The van der Waals surface area contributed by atoms with Crippen LogP contribution in [0.5, 0.6) is 11.5 Å². The molecule has 0 bridgehead atoms.